The van der Waals surface area contributed by atoms with Crippen molar-refractivity contribution in [1.29, 1.82) is 0 Å². The van der Waals surface area contributed by atoms with E-state index in [0.29, 0.717) is 18.6 Å². The second kappa shape index (κ2) is 4.96. The lowest BCUT2D eigenvalue weighted by Crippen LogP contribution is -2.34. The molecule has 0 aliphatic carbocycles. The van der Waals surface area contributed by atoms with Crippen LogP contribution in [0, 0.1) is 0 Å². The fourth-order valence-corrected chi connectivity index (χ4v) is 1.42. The number of carbonyl (C=O) groups excluding carboxylic acids is 2. The molecule has 0 bridgehead atoms. The first-order chi connectivity index (χ1) is 7.03. The summed E-state index contributed by atoms with van der Waals surface area (Å²) in [7, 11) is 0. The first kappa shape index (κ1) is 11.8. The number of esters is 1. The summed E-state index contributed by atoms with van der Waals surface area (Å²) < 4.78 is 10.4. The van der Waals surface area contributed by atoms with Gasteiger partial charge in [0.15, 0.2) is 0 Å². The van der Waals surface area contributed by atoms with Crippen LogP contribution in [0.5, 0.6) is 0 Å². The first-order valence-electron chi connectivity index (χ1n) is 5.10. The standard InChI is InChI=1S/C11H16O4/c1-11(2)14-9(8-10(13)15-11)6-4-3-5-7-12/h7-8H,3-6H2,1-2H3. The SMILES string of the molecule is CC1(C)OC(=O)C=C(CCCCC=O)O1. The molecule has 15 heavy (non-hydrogen) atoms. The molecule has 0 N–H and O–H groups in total. The molecule has 1 heterocycles. The van der Waals surface area contributed by atoms with Crippen molar-refractivity contribution in [2.45, 2.75) is 45.3 Å². The van der Waals surface area contributed by atoms with Crippen LogP contribution in [0.25, 0.3) is 0 Å². The maximum atomic E-state index is 11.1. The predicted octanol–water partition coefficient (Wildman–Crippen LogP) is 1.94. The van der Waals surface area contributed by atoms with E-state index in [2.05, 4.69) is 0 Å². The van der Waals surface area contributed by atoms with Crippen molar-refractivity contribution in [2.24, 2.45) is 0 Å². The molecule has 0 aromatic carbocycles. The van der Waals surface area contributed by atoms with Gasteiger partial charge >= 0.3 is 5.97 Å². The van der Waals surface area contributed by atoms with Crippen molar-refractivity contribution in [1.82, 2.24) is 0 Å². The zero-order valence-electron chi connectivity index (χ0n) is 9.12. The summed E-state index contributed by atoms with van der Waals surface area (Å²) in [6.07, 6.45) is 5.15. The van der Waals surface area contributed by atoms with Crippen LogP contribution in [0.4, 0.5) is 0 Å². The molecule has 0 amide bonds. The predicted molar refractivity (Wildman–Crippen MR) is 53.9 cm³/mol. The Morgan fingerprint density at radius 2 is 2.07 bits per heavy atom. The number of hydrogen-bond acceptors (Lipinski definition) is 4. The monoisotopic (exact) mass is 212 g/mol. The smallest absolute Gasteiger partial charge is 0.337 e. The third-order valence-electron chi connectivity index (χ3n) is 2.00. The second-order valence-corrected chi connectivity index (χ2v) is 3.95. The molecule has 84 valence electrons. The van der Waals surface area contributed by atoms with E-state index in [-0.39, 0.29) is 5.97 Å². The van der Waals surface area contributed by atoms with E-state index in [1.165, 1.54) is 6.08 Å². The van der Waals surface area contributed by atoms with E-state index in [4.69, 9.17) is 9.47 Å². The van der Waals surface area contributed by atoms with Gasteiger partial charge < -0.3 is 14.3 Å². The van der Waals surface area contributed by atoms with Crippen LogP contribution in [0.3, 0.4) is 0 Å². The summed E-state index contributed by atoms with van der Waals surface area (Å²) in [5.41, 5.74) is 0. The average Bonchev–Trinajstić information content (AvgIpc) is 2.09. The van der Waals surface area contributed by atoms with Gasteiger partial charge in [-0.05, 0) is 12.8 Å². The van der Waals surface area contributed by atoms with Gasteiger partial charge in [0.05, 0.1) is 6.08 Å². The minimum absolute atomic E-state index is 0.364. The lowest BCUT2D eigenvalue weighted by atomic mass is 10.1. The van der Waals surface area contributed by atoms with Gasteiger partial charge in [-0.3, -0.25) is 0 Å². The molecule has 0 aromatic heterocycles. The van der Waals surface area contributed by atoms with E-state index < -0.39 is 5.79 Å². The molecular weight excluding hydrogens is 196 g/mol. The Morgan fingerprint density at radius 3 is 2.67 bits per heavy atom. The Balaban J connectivity index is 2.41. The Morgan fingerprint density at radius 1 is 1.33 bits per heavy atom. The molecular formula is C11H16O4. The number of aldehydes is 1. The maximum Gasteiger partial charge on any atom is 0.337 e. The summed E-state index contributed by atoms with van der Waals surface area (Å²) >= 11 is 0. The fraction of sp³-hybridized carbons (Fsp3) is 0.636. The third-order valence-corrected chi connectivity index (χ3v) is 2.00. The van der Waals surface area contributed by atoms with Crippen LogP contribution in [-0.2, 0) is 19.1 Å². The molecule has 0 spiro atoms. The van der Waals surface area contributed by atoms with Crippen molar-refractivity contribution >= 4 is 12.3 Å². The number of allylic oxidation sites excluding steroid dienone is 1. The normalized spacial score (nSPS) is 18.8. The van der Waals surface area contributed by atoms with Crippen LogP contribution < -0.4 is 0 Å². The van der Waals surface area contributed by atoms with Gasteiger partial charge in [0.2, 0.25) is 5.79 Å². The quantitative estimate of drug-likeness (QED) is 0.397. The van der Waals surface area contributed by atoms with Crippen molar-refractivity contribution in [3.05, 3.63) is 11.8 Å². The molecule has 0 atom stereocenters. The number of carbonyl (C=O) groups is 2. The number of unbranched alkanes of at least 4 members (excludes halogenated alkanes) is 2. The lowest BCUT2D eigenvalue weighted by molar-refractivity contribution is -0.206. The summed E-state index contributed by atoms with van der Waals surface area (Å²) in [5.74, 6) is -0.593. The molecule has 0 saturated heterocycles. The van der Waals surface area contributed by atoms with Crippen molar-refractivity contribution in [2.75, 3.05) is 0 Å². The van der Waals surface area contributed by atoms with E-state index in [0.717, 1.165) is 19.1 Å². The number of hydrogen-bond donors (Lipinski definition) is 0. The molecule has 0 saturated carbocycles. The Hall–Kier alpha value is -1.32. The van der Waals surface area contributed by atoms with Gasteiger partial charge in [0, 0.05) is 26.7 Å². The van der Waals surface area contributed by atoms with Crippen molar-refractivity contribution in [3.63, 3.8) is 0 Å². The van der Waals surface area contributed by atoms with Crippen LogP contribution in [0.15, 0.2) is 11.8 Å². The number of cyclic esters (lactones) is 1. The molecule has 0 fully saturated rings. The molecule has 1 rings (SSSR count). The summed E-state index contributed by atoms with van der Waals surface area (Å²) in [4.78, 5) is 21.2. The topological polar surface area (TPSA) is 52.6 Å². The summed E-state index contributed by atoms with van der Waals surface area (Å²) in [5, 5.41) is 0. The lowest BCUT2D eigenvalue weighted by Gasteiger charge is -2.30. The van der Waals surface area contributed by atoms with Gasteiger partial charge in [-0.1, -0.05) is 0 Å². The van der Waals surface area contributed by atoms with Crippen LogP contribution in [0.2, 0.25) is 0 Å². The molecule has 1 aliphatic rings. The van der Waals surface area contributed by atoms with Gasteiger partial charge in [-0.2, -0.15) is 0 Å². The molecule has 1 aliphatic heterocycles. The summed E-state index contributed by atoms with van der Waals surface area (Å²) in [6, 6.07) is 0. The van der Waals surface area contributed by atoms with Crippen LogP contribution in [-0.4, -0.2) is 18.0 Å². The van der Waals surface area contributed by atoms with E-state index in [9.17, 15) is 9.59 Å². The Labute approximate surface area is 89.2 Å². The third kappa shape index (κ3) is 4.14. The van der Waals surface area contributed by atoms with E-state index >= 15 is 0 Å². The summed E-state index contributed by atoms with van der Waals surface area (Å²) in [6.45, 7) is 3.40. The fourth-order valence-electron chi connectivity index (χ4n) is 1.42. The Kier molecular flexibility index (Phi) is 3.88. The zero-order valence-corrected chi connectivity index (χ0v) is 9.12. The van der Waals surface area contributed by atoms with Gasteiger partial charge in [-0.15, -0.1) is 0 Å². The highest BCUT2D eigenvalue weighted by Gasteiger charge is 2.29. The van der Waals surface area contributed by atoms with Gasteiger partial charge in [-0.25, -0.2) is 4.79 Å². The zero-order chi connectivity index (χ0) is 11.3. The average molecular weight is 212 g/mol. The second-order valence-electron chi connectivity index (χ2n) is 3.95. The first-order valence-corrected chi connectivity index (χ1v) is 5.10. The maximum absolute atomic E-state index is 11.1. The number of rotatable bonds is 5. The highest BCUT2D eigenvalue weighted by Crippen LogP contribution is 2.24. The molecule has 0 aromatic rings. The highest BCUT2D eigenvalue weighted by molar-refractivity contribution is 5.83. The molecule has 4 heteroatoms. The molecule has 0 unspecified atom stereocenters. The van der Waals surface area contributed by atoms with Gasteiger partial charge in [0.25, 0.3) is 0 Å². The largest absolute Gasteiger partial charge is 0.457 e. The molecule has 0 radical (unpaired) electrons. The molecule has 4 nitrogen and oxygen atoms in total. The minimum atomic E-state index is -0.869. The van der Waals surface area contributed by atoms with Crippen LogP contribution >= 0.6 is 0 Å². The van der Waals surface area contributed by atoms with E-state index in [1.54, 1.807) is 13.8 Å². The van der Waals surface area contributed by atoms with Crippen LogP contribution in [0.1, 0.15) is 39.5 Å². The van der Waals surface area contributed by atoms with Crippen molar-refractivity contribution in [3.8, 4) is 0 Å². The van der Waals surface area contributed by atoms with Gasteiger partial charge in [0.1, 0.15) is 12.0 Å². The minimum Gasteiger partial charge on any atom is -0.457 e. The Bertz CT molecular complexity index is 278. The van der Waals surface area contributed by atoms with E-state index in [1.807, 2.05) is 0 Å². The number of ether oxygens (including phenoxy) is 2. The van der Waals surface area contributed by atoms with Crippen molar-refractivity contribution < 1.29 is 19.1 Å². The highest BCUT2D eigenvalue weighted by atomic mass is 16.7.